The standard InChI is InChI=1S/C16H19FN4O3/c1-9(19-15(22)13-10(2)23-7-6-18-13)16-20-14(21-24-16)11-4-3-5-12(17)8-11/h3-5,8-10,13,18H,6-7H2,1-2H3,(H,19,22)/t9?,10-,13+/m1/s1. The van der Waals surface area contributed by atoms with E-state index in [0.29, 0.717) is 18.7 Å². The molecule has 0 spiro atoms. The van der Waals surface area contributed by atoms with Crippen molar-refractivity contribution in [1.82, 2.24) is 20.8 Å². The van der Waals surface area contributed by atoms with Crippen LogP contribution in [0, 0.1) is 5.82 Å². The molecule has 3 rings (SSSR count). The molecule has 1 saturated heterocycles. The molecule has 1 fully saturated rings. The minimum absolute atomic E-state index is 0.194. The third-order valence-corrected chi connectivity index (χ3v) is 3.85. The molecule has 1 amide bonds. The molecular formula is C16H19FN4O3. The SMILES string of the molecule is CC(NC(=O)[C@H]1NCCO[C@@H]1C)c1nc(-c2cccc(F)c2)no1. The van der Waals surface area contributed by atoms with Gasteiger partial charge in [-0.1, -0.05) is 17.3 Å². The number of ether oxygens (including phenoxy) is 1. The highest BCUT2D eigenvalue weighted by molar-refractivity contribution is 5.82. The molecule has 24 heavy (non-hydrogen) atoms. The summed E-state index contributed by atoms with van der Waals surface area (Å²) in [5.41, 5.74) is 0.513. The van der Waals surface area contributed by atoms with Crippen molar-refractivity contribution in [2.45, 2.75) is 32.0 Å². The number of carbonyl (C=O) groups is 1. The van der Waals surface area contributed by atoms with Gasteiger partial charge in [-0.2, -0.15) is 4.98 Å². The van der Waals surface area contributed by atoms with E-state index in [1.54, 1.807) is 19.1 Å². The molecule has 2 heterocycles. The van der Waals surface area contributed by atoms with Crippen LogP contribution in [0.3, 0.4) is 0 Å². The fraction of sp³-hybridized carbons (Fsp3) is 0.438. The van der Waals surface area contributed by atoms with Gasteiger partial charge in [0.05, 0.1) is 12.7 Å². The van der Waals surface area contributed by atoms with Crippen LogP contribution >= 0.6 is 0 Å². The van der Waals surface area contributed by atoms with Gasteiger partial charge in [-0.05, 0) is 26.0 Å². The third-order valence-electron chi connectivity index (χ3n) is 3.85. The van der Waals surface area contributed by atoms with Gasteiger partial charge in [0, 0.05) is 12.1 Å². The van der Waals surface area contributed by atoms with E-state index in [4.69, 9.17) is 9.26 Å². The average molecular weight is 334 g/mol. The molecule has 128 valence electrons. The van der Waals surface area contributed by atoms with Crippen LogP contribution in [0.1, 0.15) is 25.8 Å². The number of aromatic nitrogens is 2. The lowest BCUT2D eigenvalue weighted by Gasteiger charge is -2.29. The number of halogens is 1. The van der Waals surface area contributed by atoms with Crippen molar-refractivity contribution in [2.75, 3.05) is 13.2 Å². The molecule has 0 aliphatic carbocycles. The van der Waals surface area contributed by atoms with Gasteiger partial charge < -0.3 is 19.9 Å². The summed E-state index contributed by atoms with van der Waals surface area (Å²) in [6, 6.07) is 5.03. The Morgan fingerprint density at radius 1 is 1.50 bits per heavy atom. The van der Waals surface area contributed by atoms with Crippen LogP contribution in [-0.2, 0) is 9.53 Å². The highest BCUT2D eigenvalue weighted by Crippen LogP contribution is 2.19. The maximum Gasteiger partial charge on any atom is 0.249 e. The van der Waals surface area contributed by atoms with Gasteiger partial charge in [0.1, 0.15) is 17.9 Å². The van der Waals surface area contributed by atoms with Crippen molar-refractivity contribution in [1.29, 1.82) is 0 Å². The lowest BCUT2D eigenvalue weighted by molar-refractivity contribution is -0.129. The molecular weight excluding hydrogens is 315 g/mol. The second-order valence-electron chi connectivity index (χ2n) is 5.70. The highest BCUT2D eigenvalue weighted by atomic mass is 19.1. The van der Waals surface area contributed by atoms with Crippen LogP contribution < -0.4 is 10.6 Å². The van der Waals surface area contributed by atoms with E-state index in [-0.39, 0.29) is 29.5 Å². The smallest absolute Gasteiger partial charge is 0.249 e. The zero-order chi connectivity index (χ0) is 17.1. The number of nitrogens with zero attached hydrogens (tertiary/aromatic N) is 2. The summed E-state index contributed by atoms with van der Waals surface area (Å²) in [6.07, 6.45) is -0.212. The van der Waals surface area contributed by atoms with Crippen LogP contribution in [0.25, 0.3) is 11.4 Å². The van der Waals surface area contributed by atoms with Crippen LogP contribution in [-0.4, -0.2) is 41.3 Å². The highest BCUT2D eigenvalue weighted by Gasteiger charge is 2.30. The average Bonchev–Trinajstić information content (AvgIpc) is 3.05. The summed E-state index contributed by atoms with van der Waals surface area (Å²) >= 11 is 0. The van der Waals surface area contributed by atoms with Crippen molar-refractivity contribution in [3.8, 4) is 11.4 Å². The minimum atomic E-state index is -0.469. The Labute approximate surface area is 138 Å². The number of nitrogens with one attached hydrogen (secondary N) is 2. The lowest BCUT2D eigenvalue weighted by atomic mass is 10.1. The molecule has 1 aliphatic heterocycles. The Morgan fingerprint density at radius 3 is 3.08 bits per heavy atom. The second-order valence-corrected chi connectivity index (χ2v) is 5.70. The normalized spacial score (nSPS) is 22.1. The quantitative estimate of drug-likeness (QED) is 0.879. The van der Waals surface area contributed by atoms with Gasteiger partial charge in [0.2, 0.25) is 17.6 Å². The summed E-state index contributed by atoms with van der Waals surface area (Å²) in [4.78, 5) is 16.5. The first kappa shape index (κ1) is 16.5. The summed E-state index contributed by atoms with van der Waals surface area (Å²) in [5.74, 6) is -0.0390. The molecule has 0 bridgehead atoms. The van der Waals surface area contributed by atoms with E-state index >= 15 is 0 Å². The molecule has 1 aromatic heterocycles. The lowest BCUT2D eigenvalue weighted by Crippen LogP contribution is -2.55. The van der Waals surface area contributed by atoms with E-state index < -0.39 is 12.1 Å². The van der Waals surface area contributed by atoms with E-state index in [2.05, 4.69) is 20.8 Å². The Bertz CT molecular complexity index is 721. The zero-order valence-corrected chi connectivity index (χ0v) is 13.5. The zero-order valence-electron chi connectivity index (χ0n) is 13.5. The molecule has 7 nitrogen and oxygen atoms in total. The largest absolute Gasteiger partial charge is 0.375 e. The molecule has 1 aliphatic rings. The van der Waals surface area contributed by atoms with Crippen molar-refractivity contribution < 1.29 is 18.4 Å². The second kappa shape index (κ2) is 7.06. The van der Waals surface area contributed by atoms with Gasteiger partial charge in [-0.3, -0.25) is 4.79 Å². The molecule has 2 aromatic rings. The number of hydrogen-bond donors (Lipinski definition) is 2. The maximum atomic E-state index is 13.3. The van der Waals surface area contributed by atoms with Crippen LogP contribution in [0.15, 0.2) is 28.8 Å². The van der Waals surface area contributed by atoms with Crippen LogP contribution in [0.4, 0.5) is 4.39 Å². The molecule has 3 atom stereocenters. The maximum absolute atomic E-state index is 13.3. The van der Waals surface area contributed by atoms with E-state index in [1.807, 2.05) is 6.92 Å². The minimum Gasteiger partial charge on any atom is -0.375 e. The predicted octanol–water partition coefficient (Wildman–Crippen LogP) is 1.43. The Morgan fingerprint density at radius 2 is 2.33 bits per heavy atom. The molecule has 0 saturated carbocycles. The summed E-state index contributed by atoms with van der Waals surface area (Å²) < 4.78 is 23.9. The molecule has 1 unspecified atom stereocenters. The first-order valence-corrected chi connectivity index (χ1v) is 7.79. The van der Waals surface area contributed by atoms with Crippen LogP contribution in [0.5, 0.6) is 0 Å². The van der Waals surface area contributed by atoms with Gasteiger partial charge in [0.15, 0.2) is 0 Å². The topological polar surface area (TPSA) is 89.3 Å². The molecule has 2 N–H and O–H groups in total. The van der Waals surface area contributed by atoms with Gasteiger partial charge >= 0.3 is 0 Å². The summed E-state index contributed by atoms with van der Waals surface area (Å²) in [5, 5.41) is 9.78. The van der Waals surface area contributed by atoms with E-state index in [0.717, 1.165) is 0 Å². The number of morpholine rings is 1. The predicted molar refractivity (Wildman–Crippen MR) is 83.5 cm³/mol. The Balaban J connectivity index is 1.67. The van der Waals surface area contributed by atoms with Gasteiger partial charge in [-0.25, -0.2) is 4.39 Å². The van der Waals surface area contributed by atoms with Crippen molar-refractivity contribution >= 4 is 5.91 Å². The van der Waals surface area contributed by atoms with Crippen molar-refractivity contribution in [2.24, 2.45) is 0 Å². The molecule has 1 aromatic carbocycles. The first-order valence-electron chi connectivity index (χ1n) is 7.79. The fourth-order valence-electron chi connectivity index (χ4n) is 2.55. The number of rotatable bonds is 4. The number of hydrogen-bond acceptors (Lipinski definition) is 6. The Kier molecular flexibility index (Phi) is 4.86. The summed E-state index contributed by atoms with van der Waals surface area (Å²) in [7, 11) is 0. The number of carbonyl (C=O) groups excluding carboxylic acids is 1. The van der Waals surface area contributed by atoms with Crippen LogP contribution in [0.2, 0.25) is 0 Å². The number of benzene rings is 1. The monoisotopic (exact) mass is 334 g/mol. The molecule has 0 radical (unpaired) electrons. The van der Waals surface area contributed by atoms with E-state index in [1.165, 1.54) is 12.1 Å². The summed E-state index contributed by atoms with van der Waals surface area (Å²) in [6.45, 7) is 4.80. The van der Waals surface area contributed by atoms with E-state index in [9.17, 15) is 9.18 Å². The molecule has 8 heteroatoms. The van der Waals surface area contributed by atoms with Gasteiger partial charge in [-0.15, -0.1) is 0 Å². The number of amides is 1. The fourth-order valence-corrected chi connectivity index (χ4v) is 2.55. The van der Waals surface area contributed by atoms with Crippen molar-refractivity contribution in [3.63, 3.8) is 0 Å². The van der Waals surface area contributed by atoms with Crippen molar-refractivity contribution in [3.05, 3.63) is 36.0 Å². The Hall–Kier alpha value is -2.32. The third kappa shape index (κ3) is 3.60. The van der Waals surface area contributed by atoms with Gasteiger partial charge in [0.25, 0.3) is 0 Å². The first-order chi connectivity index (χ1) is 11.5.